The lowest BCUT2D eigenvalue weighted by Crippen LogP contribution is -2.11. The number of carbonyl (C=O) groups is 2. The van der Waals surface area contributed by atoms with E-state index in [9.17, 15) is 19.7 Å². The van der Waals surface area contributed by atoms with Gasteiger partial charge in [-0.25, -0.2) is 9.59 Å². The number of methoxy groups -OCH3 is 3. The van der Waals surface area contributed by atoms with Crippen molar-refractivity contribution in [1.29, 1.82) is 0 Å². The molecule has 0 atom stereocenters. The maximum atomic E-state index is 11.6. The lowest BCUT2D eigenvalue weighted by molar-refractivity contribution is -0.384. The smallest absolute Gasteiger partial charge is 0.341 e. The van der Waals surface area contributed by atoms with Crippen molar-refractivity contribution in [3.8, 4) is 5.75 Å². The van der Waals surface area contributed by atoms with Crippen LogP contribution in [0, 0.1) is 10.1 Å². The second kappa shape index (κ2) is 5.80. The van der Waals surface area contributed by atoms with E-state index >= 15 is 0 Å². The quantitative estimate of drug-likeness (QED) is 0.459. The minimum absolute atomic E-state index is 0.135. The predicted octanol–water partition coefficient (Wildman–Crippen LogP) is 1.18. The van der Waals surface area contributed by atoms with E-state index in [1.165, 1.54) is 7.11 Å². The molecule has 1 aromatic rings. The molecular weight excluding hydrogens is 258 g/mol. The van der Waals surface area contributed by atoms with Crippen LogP contribution in [0.3, 0.4) is 0 Å². The van der Waals surface area contributed by atoms with Gasteiger partial charge >= 0.3 is 11.9 Å². The third-order valence-electron chi connectivity index (χ3n) is 2.30. The molecule has 0 saturated heterocycles. The van der Waals surface area contributed by atoms with E-state index in [2.05, 4.69) is 9.47 Å². The number of carbonyl (C=O) groups excluding carboxylic acids is 2. The Labute approximate surface area is 108 Å². The largest absolute Gasteiger partial charge is 0.495 e. The van der Waals surface area contributed by atoms with Crippen molar-refractivity contribution in [1.82, 2.24) is 0 Å². The molecule has 1 aromatic carbocycles. The monoisotopic (exact) mass is 269 g/mol. The van der Waals surface area contributed by atoms with Crippen LogP contribution in [0.25, 0.3) is 0 Å². The summed E-state index contributed by atoms with van der Waals surface area (Å²) >= 11 is 0. The van der Waals surface area contributed by atoms with Gasteiger partial charge in [-0.3, -0.25) is 10.1 Å². The molecule has 8 heteroatoms. The van der Waals surface area contributed by atoms with Crippen LogP contribution in [0.5, 0.6) is 5.75 Å². The maximum absolute atomic E-state index is 11.6. The highest BCUT2D eigenvalue weighted by atomic mass is 16.6. The summed E-state index contributed by atoms with van der Waals surface area (Å²) in [6.07, 6.45) is 0. The molecule has 0 radical (unpaired) electrons. The fraction of sp³-hybridized carbons (Fsp3) is 0.273. The van der Waals surface area contributed by atoms with Gasteiger partial charge < -0.3 is 14.2 Å². The van der Waals surface area contributed by atoms with Crippen molar-refractivity contribution in [2.75, 3.05) is 21.3 Å². The fourth-order valence-electron chi connectivity index (χ4n) is 1.46. The molecule has 1 rings (SSSR count). The zero-order valence-corrected chi connectivity index (χ0v) is 10.5. The molecule has 102 valence electrons. The number of nitrogens with zero attached hydrogens (tertiary/aromatic N) is 1. The van der Waals surface area contributed by atoms with Gasteiger partial charge in [-0.15, -0.1) is 0 Å². The van der Waals surface area contributed by atoms with Crippen LogP contribution >= 0.6 is 0 Å². The first-order valence-electron chi connectivity index (χ1n) is 4.99. The molecule has 0 N–H and O–H groups in total. The third kappa shape index (κ3) is 2.79. The van der Waals surface area contributed by atoms with Gasteiger partial charge in [0.15, 0.2) is 0 Å². The fourth-order valence-corrected chi connectivity index (χ4v) is 1.46. The molecule has 8 nitrogen and oxygen atoms in total. The van der Waals surface area contributed by atoms with Crippen molar-refractivity contribution < 1.29 is 28.7 Å². The number of hydrogen-bond acceptors (Lipinski definition) is 7. The lowest BCUT2D eigenvalue weighted by atomic mass is 10.1. The van der Waals surface area contributed by atoms with E-state index in [0.29, 0.717) is 0 Å². The number of non-ortho nitro benzene ring substituents is 1. The molecule has 0 bridgehead atoms. The van der Waals surface area contributed by atoms with Crippen molar-refractivity contribution >= 4 is 17.6 Å². The molecule has 0 heterocycles. The first-order valence-corrected chi connectivity index (χ1v) is 4.99. The van der Waals surface area contributed by atoms with Crippen LogP contribution in [0.4, 0.5) is 5.69 Å². The van der Waals surface area contributed by atoms with Crippen molar-refractivity contribution in [2.24, 2.45) is 0 Å². The Morgan fingerprint density at radius 3 is 1.74 bits per heavy atom. The Balaban J connectivity index is 3.60. The number of esters is 2. The Kier molecular flexibility index (Phi) is 4.41. The zero-order valence-electron chi connectivity index (χ0n) is 10.5. The number of benzene rings is 1. The van der Waals surface area contributed by atoms with Crippen LogP contribution in [-0.2, 0) is 9.47 Å². The molecule has 0 amide bonds. The summed E-state index contributed by atoms with van der Waals surface area (Å²) < 4.78 is 13.9. The number of hydrogen-bond donors (Lipinski definition) is 0. The minimum atomic E-state index is -0.856. The highest BCUT2D eigenvalue weighted by molar-refractivity contribution is 6.01. The van der Waals surface area contributed by atoms with Gasteiger partial charge in [0.05, 0.1) is 26.3 Å². The Morgan fingerprint density at radius 1 is 1.05 bits per heavy atom. The summed E-state index contributed by atoms with van der Waals surface area (Å²) in [6, 6.07) is 1.94. The summed E-state index contributed by atoms with van der Waals surface area (Å²) in [4.78, 5) is 33.2. The van der Waals surface area contributed by atoms with E-state index in [4.69, 9.17) is 4.74 Å². The number of rotatable bonds is 4. The number of nitro groups is 1. The summed E-state index contributed by atoms with van der Waals surface area (Å²) in [5.74, 6) is -1.85. The molecule has 0 fully saturated rings. The minimum Gasteiger partial charge on any atom is -0.495 e. The summed E-state index contributed by atoms with van der Waals surface area (Å²) in [5.41, 5.74) is -0.888. The highest BCUT2D eigenvalue weighted by Gasteiger charge is 2.26. The van der Waals surface area contributed by atoms with Gasteiger partial charge in [0.2, 0.25) is 0 Å². The van der Waals surface area contributed by atoms with Crippen LogP contribution < -0.4 is 4.74 Å². The Bertz CT molecular complexity index is 501. The van der Waals surface area contributed by atoms with Crippen LogP contribution in [0.2, 0.25) is 0 Å². The van der Waals surface area contributed by atoms with Crippen LogP contribution in [0.15, 0.2) is 12.1 Å². The van der Waals surface area contributed by atoms with Gasteiger partial charge in [-0.2, -0.15) is 0 Å². The molecule has 19 heavy (non-hydrogen) atoms. The van der Waals surface area contributed by atoms with Crippen LogP contribution in [-0.4, -0.2) is 38.2 Å². The molecule has 0 aliphatic carbocycles. The van der Waals surface area contributed by atoms with Crippen molar-refractivity contribution in [3.05, 3.63) is 33.4 Å². The lowest BCUT2D eigenvalue weighted by Gasteiger charge is -2.10. The van der Waals surface area contributed by atoms with E-state index < -0.39 is 22.5 Å². The van der Waals surface area contributed by atoms with Crippen molar-refractivity contribution in [2.45, 2.75) is 0 Å². The second-order valence-electron chi connectivity index (χ2n) is 3.31. The molecule has 0 aliphatic heterocycles. The molecular formula is C11H11NO7. The number of ether oxygens (including phenoxy) is 3. The van der Waals surface area contributed by atoms with Gasteiger partial charge in [0.1, 0.15) is 16.9 Å². The zero-order chi connectivity index (χ0) is 14.6. The molecule has 0 aromatic heterocycles. The Morgan fingerprint density at radius 2 is 1.47 bits per heavy atom. The normalized spacial score (nSPS) is 9.63. The maximum Gasteiger partial charge on any atom is 0.341 e. The summed E-state index contributed by atoms with van der Waals surface area (Å²) in [5, 5.41) is 10.8. The summed E-state index contributed by atoms with van der Waals surface area (Å²) in [6.45, 7) is 0. The first-order chi connectivity index (χ1) is 8.96. The van der Waals surface area contributed by atoms with Crippen molar-refractivity contribution in [3.63, 3.8) is 0 Å². The first kappa shape index (κ1) is 14.4. The van der Waals surface area contributed by atoms with Gasteiger partial charge in [0, 0.05) is 12.1 Å². The molecule has 0 unspecified atom stereocenters. The van der Waals surface area contributed by atoms with E-state index in [-0.39, 0.29) is 16.9 Å². The second-order valence-corrected chi connectivity index (χ2v) is 3.31. The predicted molar refractivity (Wildman–Crippen MR) is 62.3 cm³/mol. The average molecular weight is 269 g/mol. The highest BCUT2D eigenvalue weighted by Crippen LogP contribution is 2.30. The van der Waals surface area contributed by atoms with Crippen LogP contribution in [0.1, 0.15) is 20.7 Å². The molecule has 0 aliphatic rings. The van der Waals surface area contributed by atoms with Gasteiger partial charge in [-0.1, -0.05) is 0 Å². The Hall–Kier alpha value is -2.64. The van der Waals surface area contributed by atoms with E-state index in [1.807, 2.05) is 0 Å². The van der Waals surface area contributed by atoms with E-state index in [1.54, 1.807) is 0 Å². The third-order valence-corrected chi connectivity index (χ3v) is 2.30. The average Bonchev–Trinajstić information content (AvgIpc) is 2.43. The topological polar surface area (TPSA) is 105 Å². The van der Waals surface area contributed by atoms with Gasteiger partial charge in [0.25, 0.3) is 5.69 Å². The van der Waals surface area contributed by atoms with Gasteiger partial charge in [-0.05, 0) is 0 Å². The van der Waals surface area contributed by atoms with E-state index in [0.717, 1.165) is 26.4 Å². The SMILES string of the molecule is COC(=O)c1cc([N+](=O)[O-])cc(C(=O)OC)c1OC. The standard InChI is InChI=1S/C11H11NO7/c1-17-9-7(10(13)18-2)4-6(12(15)16)5-8(9)11(14)19-3/h4-5H,1-3H3. The molecule has 0 saturated carbocycles. The summed E-state index contributed by atoms with van der Waals surface area (Å²) in [7, 11) is 3.44. The molecule has 0 spiro atoms. The number of nitro benzene ring substituents is 1.